The molecule has 8 nitrogen and oxygen atoms in total. The van der Waals surface area contributed by atoms with Crippen molar-refractivity contribution in [1.29, 1.82) is 0 Å². The average Bonchev–Trinajstić information content (AvgIpc) is 3.53. The summed E-state index contributed by atoms with van der Waals surface area (Å²) in [5.74, 6) is -0.645. The minimum absolute atomic E-state index is 0.0617. The van der Waals surface area contributed by atoms with E-state index in [-0.39, 0.29) is 17.6 Å². The van der Waals surface area contributed by atoms with Crippen molar-refractivity contribution in [2.75, 3.05) is 25.1 Å². The SMILES string of the molecule is COc1c(N2CCCC(NC=O)C2)ccc2c(=O)c(C(=O)O)cn(C3CC3)c12. The Labute approximate surface area is 161 Å². The summed E-state index contributed by atoms with van der Waals surface area (Å²) < 4.78 is 7.62. The molecule has 1 aliphatic heterocycles. The van der Waals surface area contributed by atoms with E-state index in [1.165, 1.54) is 6.20 Å². The molecule has 2 heterocycles. The Morgan fingerprint density at radius 1 is 1.32 bits per heavy atom. The maximum atomic E-state index is 12.7. The maximum Gasteiger partial charge on any atom is 0.341 e. The van der Waals surface area contributed by atoms with Gasteiger partial charge in [0.25, 0.3) is 0 Å². The number of amides is 1. The van der Waals surface area contributed by atoms with E-state index in [2.05, 4.69) is 10.2 Å². The Morgan fingerprint density at radius 2 is 2.11 bits per heavy atom. The number of anilines is 1. The molecule has 2 fully saturated rings. The molecule has 1 atom stereocenters. The zero-order valence-corrected chi connectivity index (χ0v) is 15.7. The monoisotopic (exact) mass is 385 g/mol. The standard InChI is InChI=1S/C20H23N3O5/c1-28-19-16(22-8-2-3-12(9-22)21-11-24)7-6-14-17(19)23(13-4-5-13)10-15(18(14)25)20(26)27/h6-7,10-13H,2-5,8-9H2,1H3,(H,21,24)(H,26,27). The van der Waals surface area contributed by atoms with Crippen LogP contribution in [-0.2, 0) is 4.79 Å². The third kappa shape index (κ3) is 3.08. The topological polar surface area (TPSA) is 101 Å². The lowest BCUT2D eigenvalue weighted by Crippen LogP contribution is -2.45. The number of carbonyl (C=O) groups is 2. The van der Waals surface area contributed by atoms with Crippen LogP contribution in [0.1, 0.15) is 42.1 Å². The lowest BCUT2D eigenvalue weighted by molar-refractivity contribution is -0.110. The lowest BCUT2D eigenvalue weighted by atomic mass is 10.0. The number of hydrogen-bond donors (Lipinski definition) is 2. The van der Waals surface area contributed by atoms with Crippen LogP contribution < -0.4 is 20.4 Å². The van der Waals surface area contributed by atoms with Crippen LogP contribution in [0.25, 0.3) is 10.9 Å². The molecule has 1 unspecified atom stereocenters. The molecule has 0 bridgehead atoms. The number of carboxylic acids is 1. The number of benzene rings is 1. The highest BCUT2D eigenvalue weighted by Gasteiger charge is 2.30. The molecule has 1 aromatic carbocycles. The molecule has 2 aromatic rings. The van der Waals surface area contributed by atoms with Crippen LogP contribution in [0.2, 0.25) is 0 Å². The third-order valence-electron chi connectivity index (χ3n) is 5.57. The fourth-order valence-electron chi connectivity index (χ4n) is 4.08. The predicted octanol–water partition coefficient (Wildman–Crippen LogP) is 1.76. The zero-order chi connectivity index (χ0) is 19.8. The van der Waals surface area contributed by atoms with Gasteiger partial charge in [0.2, 0.25) is 11.8 Å². The van der Waals surface area contributed by atoms with E-state index in [9.17, 15) is 19.5 Å². The van der Waals surface area contributed by atoms with Crippen LogP contribution in [0.3, 0.4) is 0 Å². The summed E-state index contributed by atoms with van der Waals surface area (Å²) in [7, 11) is 1.57. The maximum absolute atomic E-state index is 12.7. The summed E-state index contributed by atoms with van der Waals surface area (Å²) in [5, 5.41) is 12.6. The number of pyridine rings is 1. The van der Waals surface area contributed by atoms with Crippen molar-refractivity contribution < 1.29 is 19.4 Å². The van der Waals surface area contributed by atoms with Crippen molar-refractivity contribution in [2.45, 2.75) is 37.8 Å². The predicted molar refractivity (Wildman–Crippen MR) is 104 cm³/mol. The number of hydrogen-bond acceptors (Lipinski definition) is 5. The highest BCUT2D eigenvalue weighted by molar-refractivity contribution is 5.97. The van der Waals surface area contributed by atoms with Gasteiger partial charge < -0.3 is 24.6 Å². The molecular weight excluding hydrogens is 362 g/mol. The molecule has 1 amide bonds. The number of fused-ring (bicyclic) bond motifs is 1. The fourth-order valence-corrected chi connectivity index (χ4v) is 4.08. The second-order valence-electron chi connectivity index (χ2n) is 7.40. The second kappa shape index (κ2) is 7.18. The molecule has 4 rings (SSSR count). The largest absolute Gasteiger partial charge is 0.492 e. The molecule has 2 aliphatic rings. The summed E-state index contributed by atoms with van der Waals surface area (Å²) >= 11 is 0. The Balaban J connectivity index is 1.89. The highest BCUT2D eigenvalue weighted by Crippen LogP contribution is 2.42. The van der Waals surface area contributed by atoms with Crippen molar-refractivity contribution in [3.05, 3.63) is 34.1 Å². The van der Waals surface area contributed by atoms with Gasteiger partial charge in [-0.15, -0.1) is 0 Å². The summed E-state index contributed by atoms with van der Waals surface area (Å²) in [6, 6.07) is 3.75. The lowest BCUT2D eigenvalue weighted by Gasteiger charge is -2.35. The smallest absolute Gasteiger partial charge is 0.341 e. The van der Waals surface area contributed by atoms with Gasteiger partial charge in [0, 0.05) is 31.4 Å². The highest BCUT2D eigenvalue weighted by atomic mass is 16.5. The van der Waals surface area contributed by atoms with E-state index in [1.54, 1.807) is 13.2 Å². The van der Waals surface area contributed by atoms with Crippen LogP contribution in [0.4, 0.5) is 5.69 Å². The molecule has 0 spiro atoms. The zero-order valence-electron chi connectivity index (χ0n) is 15.7. The molecule has 148 valence electrons. The molecule has 28 heavy (non-hydrogen) atoms. The Hall–Kier alpha value is -3.03. The van der Waals surface area contributed by atoms with Crippen molar-refractivity contribution in [1.82, 2.24) is 9.88 Å². The Morgan fingerprint density at radius 3 is 2.75 bits per heavy atom. The summed E-state index contributed by atoms with van der Waals surface area (Å²) in [5.41, 5.74) is 0.776. The number of carboxylic acid groups (broad SMARTS) is 1. The first kappa shape index (κ1) is 18.3. The number of nitrogens with one attached hydrogen (secondary N) is 1. The molecule has 1 aromatic heterocycles. The average molecular weight is 385 g/mol. The van der Waals surface area contributed by atoms with Crippen LogP contribution in [0.15, 0.2) is 23.1 Å². The first-order valence-electron chi connectivity index (χ1n) is 9.49. The van der Waals surface area contributed by atoms with Gasteiger partial charge in [-0.2, -0.15) is 0 Å². The van der Waals surface area contributed by atoms with Gasteiger partial charge in [0.1, 0.15) is 5.56 Å². The number of nitrogens with zero attached hydrogens (tertiary/aromatic N) is 2. The van der Waals surface area contributed by atoms with Crippen molar-refractivity contribution in [3.8, 4) is 5.75 Å². The first-order valence-corrected chi connectivity index (χ1v) is 9.49. The Bertz CT molecular complexity index is 995. The summed E-state index contributed by atoms with van der Waals surface area (Å²) in [6.07, 6.45) is 5.91. The number of piperidine rings is 1. The second-order valence-corrected chi connectivity index (χ2v) is 7.40. The van der Waals surface area contributed by atoms with Crippen molar-refractivity contribution in [2.24, 2.45) is 0 Å². The summed E-state index contributed by atoms with van der Waals surface area (Å²) in [4.78, 5) is 37.3. The quantitative estimate of drug-likeness (QED) is 0.735. The van der Waals surface area contributed by atoms with Crippen molar-refractivity contribution in [3.63, 3.8) is 0 Å². The molecule has 1 saturated carbocycles. The van der Waals surface area contributed by atoms with Crippen LogP contribution in [0, 0.1) is 0 Å². The van der Waals surface area contributed by atoms with Crippen LogP contribution >= 0.6 is 0 Å². The minimum Gasteiger partial charge on any atom is -0.492 e. The van der Waals surface area contributed by atoms with E-state index in [1.807, 2.05) is 10.6 Å². The van der Waals surface area contributed by atoms with Gasteiger partial charge in [-0.05, 0) is 37.8 Å². The first-order chi connectivity index (χ1) is 13.5. The third-order valence-corrected chi connectivity index (χ3v) is 5.57. The van der Waals surface area contributed by atoms with Crippen molar-refractivity contribution >= 4 is 29.0 Å². The van der Waals surface area contributed by atoms with Crippen LogP contribution in [0.5, 0.6) is 5.75 Å². The van der Waals surface area contributed by atoms with Crippen LogP contribution in [-0.4, -0.2) is 48.3 Å². The number of carbonyl (C=O) groups excluding carboxylic acids is 1. The van der Waals surface area contributed by atoms with Gasteiger partial charge >= 0.3 is 5.97 Å². The molecule has 1 aliphatic carbocycles. The van der Waals surface area contributed by atoms with Gasteiger partial charge in [0.15, 0.2) is 5.75 Å². The molecule has 1 saturated heterocycles. The molecule has 0 radical (unpaired) electrons. The van der Waals surface area contributed by atoms with E-state index in [0.29, 0.717) is 23.2 Å². The summed E-state index contributed by atoms with van der Waals surface area (Å²) in [6.45, 7) is 1.47. The number of aromatic nitrogens is 1. The van der Waals surface area contributed by atoms with Gasteiger partial charge in [-0.1, -0.05) is 0 Å². The number of ether oxygens (including phenoxy) is 1. The number of rotatable bonds is 6. The van der Waals surface area contributed by atoms with Gasteiger partial charge in [0.05, 0.1) is 23.7 Å². The molecule has 8 heteroatoms. The normalized spacial score (nSPS) is 19.5. The van der Waals surface area contributed by atoms with E-state index in [4.69, 9.17) is 4.74 Å². The van der Waals surface area contributed by atoms with Gasteiger partial charge in [-0.25, -0.2) is 4.79 Å². The number of aromatic carboxylic acids is 1. The minimum atomic E-state index is -1.22. The van der Waals surface area contributed by atoms with E-state index >= 15 is 0 Å². The Kier molecular flexibility index (Phi) is 4.70. The van der Waals surface area contributed by atoms with E-state index in [0.717, 1.165) is 44.3 Å². The molecular formula is C20H23N3O5. The van der Waals surface area contributed by atoms with E-state index < -0.39 is 11.4 Å². The van der Waals surface area contributed by atoms with Gasteiger partial charge in [-0.3, -0.25) is 9.59 Å². The number of methoxy groups -OCH3 is 1. The molecule has 2 N–H and O–H groups in total. The fraction of sp³-hybridized carbons (Fsp3) is 0.450.